The minimum absolute atomic E-state index is 0.311. The predicted octanol–water partition coefficient (Wildman–Crippen LogP) is 3.04. The lowest BCUT2D eigenvalue weighted by molar-refractivity contribution is -0.122. The summed E-state index contributed by atoms with van der Waals surface area (Å²) in [4.78, 5) is 16.9. The third kappa shape index (κ3) is 5.07. The minimum Gasteiger partial charge on any atom is -0.350 e. The molecule has 0 fully saturated rings. The molecule has 3 rings (SSSR count). The van der Waals surface area contributed by atoms with Crippen LogP contribution in [0.3, 0.4) is 0 Å². The lowest BCUT2D eigenvalue weighted by Gasteiger charge is -2.30. The number of anilines is 1. The van der Waals surface area contributed by atoms with Gasteiger partial charge in [-0.15, -0.1) is 0 Å². The van der Waals surface area contributed by atoms with E-state index in [0.717, 1.165) is 23.1 Å². The Balaban J connectivity index is 1.73. The SMILES string of the molecule is CC[C@@H](C(=O)NCc1ccc(-n2ccnc2)cc1)N(c1ccc(C)cc1)S(C)(=O)=O. The largest absolute Gasteiger partial charge is 0.350 e. The number of carbonyl (C=O) groups excluding carboxylic acids is 1. The van der Waals surface area contributed by atoms with E-state index < -0.39 is 16.1 Å². The van der Waals surface area contributed by atoms with Gasteiger partial charge in [-0.05, 0) is 43.2 Å². The molecule has 0 aliphatic rings. The Morgan fingerprint density at radius 3 is 2.33 bits per heavy atom. The number of amides is 1. The van der Waals surface area contributed by atoms with Crippen molar-refractivity contribution in [1.82, 2.24) is 14.9 Å². The Kier molecular flexibility index (Phi) is 6.56. The molecule has 0 bridgehead atoms. The number of sulfonamides is 1. The van der Waals surface area contributed by atoms with Gasteiger partial charge in [0.1, 0.15) is 6.04 Å². The predicted molar refractivity (Wildman–Crippen MR) is 118 cm³/mol. The highest BCUT2D eigenvalue weighted by molar-refractivity contribution is 7.92. The molecule has 1 atom stereocenters. The molecule has 2 aromatic carbocycles. The van der Waals surface area contributed by atoms with Gasteiger partial charge < -0.3 is 9.88 Å². The average molecular weight is 427 g/mol. The summed E-state index contributed by atoms with van der Waals surface area (Å²) in [5.41, 5.74) is 3.39. The van der Waals surface area contributed by atoms with Crippen LogP contribution < -0.4 is 9.62 Å². The number of carbonyl (C=O) groups is 1. The van der Waals surface area contributed by atoms with Crippen molar-refractivity contribution in [1.29, 1.82) is 0 Å². The molecule has 7 nitrogen and oxygen atoms in total. The molecule has 0 unspecified atom stereocenters. The molecule has 0 aliphatic heterocycles. The second kappa shape index (κ2) is 9.13. The van der Waals surface area contributed by atoms with Crippen molar-refractivity contribution in [3.8, 4) is 5.69 Å². The lowest BCUT2D eigenvalue weighted by Crippen LogP contribution is -2.49. The van der Waals surface area contributed by atoms with Crippen LogP contribution in [-0.2, 0) is 21.4 Å². The van der Waals surface area contributed by atoms with Crippen LogP contribution in [0.1, 0.15) is 24.5 Å². The van der Waals surface area contributed by atoms with E-state index >= 15 is 0 Å². The summed E-state index contributed by atoms with van der Waals surface area (Å²) < 4.78 is 28.1. The van der Waals surface area contributed by atoms with Gasteiger partial charge >= 0.3 is 0 Å². The Morgan fingerprint density at radius 1 is 1.13 bits per heavy atom. The summed E-state index contributed by atoms with van der Waals surface area (Å²) in [6.45, 7) is 4.04. The molecule has 158 valence electrons. The van der Waals surface area contributed by atoms with Crippen LogP contribution in [0.2, 0.25) is 0 Å². The summed E-state index contributed by atoms with van der Waals surface area (Å²) in [5, 5.41) is 2.87. The first kappa shape index (κ1) is 21.6. The van der Waals surface area contributed by atoms with E-state index in [2.05, 4.69) is 10.3 Å². The Hall–Kier alpha value is -3.13. The third-order valence-electron chi connectivity index (χ3n) is 4.82. The van der Waals surface area contributed by atoms with Gasteiger partial charge in [0.25, 0.3) is 0 Å². The summed E-state index contributed by atoms with van der Waals surface area (Å²) in [6, 6.07) is 14.0. The van der Waals surface area contributed by atoms with Crippen molar-refractivity contribution in [3.05, 3.63) is 78.4 Å². The number of hydrogen-bond donors (Lipinski definition) is 1. The summed E-state index contributed by atoms with van der Waals surface area (Å²) in [6.07, 6.45) is 6.76. The second-order valence-electron chi connectivity index (χ2n) is 7.17. The number of hydrogen-bond acceptors (Lipinski definition) is 4. The van der Waals surface area contributed by atoms with Crippen LogP contribution in [-0.4, -0.2) is 36.2 Å². The highest BCUT2D eigenvalue weighted by Crippen LogP contribution is 2.23. The molecule has 0 spiro atoms. The van der Waals surface area contributed by atoms with Crippen molar-refractivity contribution >= 4 is 21.6 Å². The first-order valence-corrected chi connectivity index (χ1v) is 11.6. The summed E-state index contributed by atoms with van der Waals surface area (Å²) in [5.74, 6) is -0.331. The van der Waals surface area contributed by atoms with Crippen molar-refractivity contribution in [3.63, 3.8) is 0 Å². The molecule has 1 heterocycles. The number of aromatic nitrogens is 2. The number of benzene rings is 2. The zero-order chi connectivity index (χ0) is 21.7. The maximum Gasteiger partial charge on any atom is 0.244 e. The van der Waals surface area contributed by atoms with Crippen molar-refractivity contribution in [2.45, 2.75) is 32.9 Å². The van der Waals surface area contributed by atoms with E-state index in [1.807, 2.05) is 54.1 Å². The fraction of sp³-hybridized carbons (Fsp3) is 0.273. The van der Waals surface area contributed by atoms with Gasteiger partial charge in [0.15, 0.2) is 0 Å². The van der Waals surface area contributed by atoms with Crippen LogP contribution in [0.5, 0.6) is 0 Å². The minimum atomic E-state index is -3.64. The van der Waals surface area contributed by atoms with Crippen LogP contribution >= 0.6 is 0 Å². The van der Waals surface area contributed by atoms with Crippen LogP contribution in [0, 0.1) is 6.92 Å². The van der Waals surface area contributed by atoms with Crippen LogP contribution in [0.4, 0.5) is 5.69 Å². The zero-order valence-electron chi connectivity index (χ0n) is 17.3. The van der Waals surface area contributed by atoms with Gasteiger partial charge in [-0.3, -0.25) is 9.10 Å². The standard InChI is InChI=1S/C22H26N4O3S/c1-4-21(26(30(3,28)29)20-9-5-17(2)6-10-20)22(27)24-15-18-7-11-19(12-8-18)25-14-13-23-16-25/h5-14,16,21H,4,15H2,1-3H3,(H,24,27)/t21-/m0/s1. The molecule has 1 amide bonds. The van der Waals surface area contributed by atoms with Crippen molar-refractivity contribution in [2.75, 3.05) is 10.6 Å². The quantitative estimate of drug-likeness (QED) is 0.600. The third-order valence-corrected chi connectivity index (χ3v) is 6.00. The number of nitrogens with one attached hydrogen (secondary N) is 1. The zero-order valence-corrected chi connectivity index (χ0v) is 18.1. The van der Waals surface area contributed by atoms with Gasteiger partial charge in [-0.25, -0.2) is 13.4 Å². The molecule has 30 heavy (non-hydrogen) atoms. The smallest absolute Gasteiger partial charge is 0.244 e. The number of aryl methyl sites for hydroxylation is 1. The van der Waals surface area contributed by atoms with Crippen LogP contribution in [0.25, 0.3) is 5.69 Å². The average Bonchev–Trinajstić information content (AvgIpc) is 3.25. The molecule has 1 aromatic heterocycles. The number of imidazole rings is 1. The fourth-order valence-electron chi connectivity index (χ4n) is 3.26. The molecule has 8 heteroatoms. The first-order chi connectivity index (χ1) is 14.3. The van der Waals surface area contributed by atoms with Gasteiger partial charge in [0.05, 0.1) is 18.3 Å². The maximum atomic E-state index is 12.9. The molecular formula is C22H26N4O3S. The number of nitrogens with zero attached hydrogens (tertiary/aromatic N) is 3. The van der Waals surface area contributed by atoms with Crippen molar-refractivity contribution < 1.29 is 13.2 Å². The van der Waals surface area contributed by atoms with Gasteiger partial charge in [-0.2, -0.15) is 0 Å². The van der Waals surface area contributed by atoms with E-state index in [9.17, 15) is 13.2 Å². The van der Waals surface area contributed by atoms with E-state index in [-0.39, 0.29) is 5.91 Å². The monoisotopic (exact) mass is 426 g/mol. The highest BCUT2D eigenvalue weighted by atomic mass is 32.2. The highest BCUT2D eigenvalue weighted by Gasteiger charge is 2.31. The van der Waals surface area contributed by atoms with Gasteiger partial charge in [0, 0.05) is 24.6 Å². The normalized spacial score (nSPS) is 12.4. The molecule has 1 N–H and O–H groups in total. The van der Waals surface area contributed by atoms with Crippen molar-refractivity contribution in [2.24, 2.45) is 0 Å². The van der Waals surface area contributed by atoms with Gasteiger partial charge in [-0.1, -0.05) is 36.8 Å². The van der Waals surface area contributed by atoms with Crippen LogP contribution in [0.15, 0.2) is 67.3 Å². The van der Waals surface area contributed by atoms with E-state index in [4.69, 9.17) is 0 Å². The lowest BCUT2D eigenvalue weighted by atomic mass is 10.1. The molecule has 0 radical (unpaired) electrons. The van der Waals surface area contributed by atoms with E-state index in [1.54, 1.807) is 31.6 Å². The topological polar surface area (TPSA) is 84.3 Å². The Bertz CT molecular complexity index is 1080. The number of rotatable bonds is 8. The van der Waals surface area contributed by atoms with E-state index in [1.165, 1.54) is 4.31 Å². The van der Waals surface area contributed by atoms with E-state index in [0.29, 0.717) is 18.7 Å². The molecule has 0 aliphatic carbocycles. The first-order valence-electron chi connectivity index (χ1n) is 9.70. The molecular weight excluding hydrogens is 400 g/mol. The Labute approximate surface area is 177 Å². The molecule has 0 saturated heterocycles. The fourth-order valence-corrected chi connectivity index (χ4v) is 4.47. The summed E-state index contributed by atoms with van der Waals surface area (Å²) in [7, 11) is -3.64. The molecule has 0 saturated carbocycles. The molecule has 3 aromatic rings. The maximum absolute atomic E-state index is 12.9. The second-order valence-corrected chi connectivity index (χ2v) is 9.03. The Morgan fingerprint density at radius 2 is 1.80 bits per heavy atom. The van der Waals surface area contributed by atoms with Gasteiger partial charge in [0.2, 0.25) is 15.9 Å². The summed E-state index contributed by atoms with van der Waals surface area (Å²) >= 11 is 0.